The van der Waals surface area contributed by atoms with Crippen LogP contribution in [0.1, 0.15) is 54.4 Å². The molecular weight excluding hydrogens is 393 g/mol. The molecule has 0 saturated heterocycles. The molecule has 1 aliphatic rings. The Morgan fingerprint density at radius 2 is 2.00 bits per heavy atom. The molecule has 1 aromatic heterocycles. The first-order valence-electron chi connectivity index (χ1n) is 9.97. The molecule has 1 heterocycles. The van der Waals surface area contributed by atoms with Crippen molar-refractivity contribution >= 4 is 28.2 Å². The topological polar surface area (TPSA) is 64.6 Å². The van der Waals surface area contributed by atoms with E-state index in [9.17, 15) is 14.0 Å². The molecular formula is C22H26FNO4S. The highest BCUT2D eigenvalue weighted by molar-refractivity contribution is 7.17. The number of halogens is 1. The van der Waals surface area contributed by atoms with Gasteiger partial charge in [-0.2, -0.15) is 0 Å². The van der Waals surface area contributed by atoms with Crippen molar-refractivity contribution in [1.82, 2.24) is 0 Å². The van der Waals surface area contributed by atoms with Gasteiger partial charge in [-0.05, 0) is 68.9 Å². The second kappa shape index (κ2) is 9.39. The van der Waals surface area contributed by atoms with E-state index >= 15 is 0 Å². The molecule has 1 aromatic carbocycles. The van der Waals surface area contributed by atoms with E-state index in [0.717, 1.165) is 36.1 Å². The van der Waals surface area contributed by atoms with Crippen LogP contribution in [0.5, 0.6) is 5.75 Å². The molecule has 2 aromatic rings. The van der Waals surface area contributed by atoms with Crippen molar-refractivity contribution in [2.24, 2.45) is 5.92 Å². The fraction of sp³-hybridized carbons (Fsp3) is 0.455. The van der Waals surface area contributed by atoms with Gasteiger partial charge in [0.1, 0.15) is 16.6 Å². The highest BCUT2D eigenvalue weighted by Crippen LogP contribution is 2.41. The molecule has 0 fully saturated rings. The van der Waals surface area contributed by atoms with E-state index in [1.807, 2.05) is 0 Å². The first kappa shape index (κ1) is 21.3. The normalized spacial score (nSPS) is 16.6. The molecule has 1 amide bonds. The smallest absolute Gasteiger partial charge is 0.341 e. The fourth-order valence-electron chi connectivity index (χ4n) is 3.49. The Morgan fingerprint density at radius 1 is 1.28 bits per heavy atom. The number of benzene rings is 1. The van der Waals surface area contributed by atoms with Crippen molar-refractivity contribution < 1.29 is 23.5 Å². The van der Waals surface area contributed by atoms with Crippen LogP contribution in [-0.2, 0) is 22.4 Å². The predicted molar refractivity (Wildman–Crippen MR) is 111 cm³/mol. The van der Waals surface area contributed by atoms with Gasteiger partial charge in [0.25, 0.3) is 5.91 Å². The first-order valence-corrected chi connectivity index (χ1v) is 10.8. The molecule has 7 heteroatoms. The number of anilines is 1. The summed E-state index contributed by atoms with van der Waals surface area (Å²) in [6.45, 7) is 5.83. The van der Waals surface area contributed by atoms with Crippen LogP contribution >= 0.6 is 11.3 Å². The summed E-state index contributed by atoms with van der Waals surface area (Å²) in [5.41, 5.74) is 1.48. The third-order valence-corrected chi connectivity index (χ3v) is 6.33. The summed E-state index contributed by atoms with van der Waals surface area (Å²) in [4.78, 5) is 26.4. The standard InChI is InChI=1S/C22H26FNO4S/c1-4-14-6-11-17-18(12-14)29-21(19(17)22(26)27-5-2)24-20(25)13(3)28-16-9-7-15(23)8-10-16/h7-10,13-14H,4-6,11-12H2,1-3H3,(H,24,25)/t13-,14-/m1/s1. The summed E-state index contributed by atoms with van der Waals surface area (Å²) in [5, 5.41) is 3.37. The van der Waals surface area contributed by atoms with Crippen molar-refractivity contribution in [1.29, 1.82) is 0 Å². The monoisotopic (exact) mass is 419 g/mol. The molecule has 0 spiro atoms. The number of hydrogen-bond donors (Lipinski definition) is 1. The van der Waals surface area contributed by atoms with Gasteiger partial charge in [-0.25, -0.2) is 9.18 Å². The Balaban J connectivity index is 1.79. The lowest BCUT2D eigenvalue weighted by Crippen LogP contribution is -2.30. The minimum Gasteiger partial charge on any atom is -0.481 e. The van der Waals surface area contributed by atoms with E-state index in [-0.39, 0.29) is 18.3 Å². The van der Waals surface area contributed by atoms with Crippen molar-refractivity contribution in [2.75, 3.05) is 11.9 Å². The molecule has 5 nitrogen and oxygen atoms in total. The van der Waals surface area contributed by atoms with Crippen molar-refractivity contribution in [3.05, 3.63) is 46.1 Å². The van der Waals surface area contributed by atoms with Gasteiger partial charge in [0.05, 0.1) is 12.2 Å². The summed E-state index contributed by atoms with van der Waals surface area (Å²) in [6, 6.07) is 5.49. The summed E-state index contributed by atoms with van der Waals surface area (Å²) < 4.78 is 23.9. The number of hydrogen-bond acceptors (Lipinski definition) is 5. The number of amides is 1. The third kappa shape index (κ3) is 4.96. The Bertz CT molecular complexity index is 878. The van der Waals surface area contributed by atoms with Gasteiger partial charge in [0, 0.05) is 4.88 Å². The average molecular weight is 420 g/mol. The Morgan fingerprint density at radius 3 is 2.66 bits per heavy atom. The van der Waals surface area contributed by atoms with Crippen LogP contribution in [0.4, 0.5) is 9.39 Å². The predicted octanol–water partition coefficient (Wildman–Crippen LogP) is 4.98. The minimum atomic E-state index is -0.807. The van der Waals surface area contributed by atoms with E-state index in [0.29, 0.717) is 22.2 Å². The highest BCUT2D eigenvalue weighted by atomic mass is 32.1. The zero-order valence-corrected chi connectivity index (χ0v) is 17.7. The van der Waals surface area contributed by atoms with Crippen LogP contribution in [0, 0.1) is 11.7 Å². The number of thiophene rings is 1. The molecule has 0 saturated carbocycles. The Kier molecular flexibility index (Phi) is 6.90. The molecule has 0 unspecified atom stereocenters. The molecule has 29 heavy (non-hydrogen) atoms. The van der Waals surface area contributed by atoms with Crippen LogP contribution in [0.15, 0.2) is 24.3 Å². The van der Waals surface area contributed by atoms with E-state index < -0.39 is 12.1 Å². The van der Waals surface area contributed by atoms with Crippen LogP contribution < -0.4 is 10.1 Å². The van der Waals surface area contributed by atoms with Crippen LogP contribution in [-0.4, -0.2) is 24.6 Å². The minimum absolute atomic E-state index is 0.276. The Labute approximate surface area is 174 Å². The van der Waals surface area contributed by atoms with Gasteiger partial charge in [-0.1, -0.05) is 13.3 Å². The van der Waals surface area contributed by atoms with Gasteiger partial charge in [-0.15, -0.1) is 11.3 Å². The lowest BCUT2D eigenvalue weighted by molar-refractivity contribution is -0.122. The van der Waals surface area contributed by atoms with Gasteiger partial charge in [0.2, 0.25) is 0 Å². The molecule has 0 radical (unpaired) electrons. The van der Waals surface area contributed by atoms with Crippen molar-refractivity contribution in [2.45, 2.75) is 52.6 Å². The van der Waals surface area contributed by atoms with E-state index in [1.54, 1.807) is 13.8 Å². The highest BCUT2D eigenvalue weighted by Gasteiger charge is 2.30. The molecule has 3 rings (SSSR count). The zero-order chi connectivity index (χ0) is 21.0. The van der Waals surface area contributed by atoms with Crippen LogP contribution in [0.2, 0.25) is 0 Å². The number of fused-ring (bicyclic) bond motifs is 1. The number of carbonyl (C=O) groups is 2. The summed E-state index contributed by atoms with van der Waals surface area (Å²) in [5.74, 6) is -0.146. The molecule has 0 bridgehead atoms. The van der Waals surface area contributed by atoms with E-state index in [4.69, 9.17) is 9.47 Å². The molecule has 0 aliphatic heterocycles. The zero-order valence-electron chi connectivity index (χ0n) is 16.9. The fourth-order valence-corrected chi connectivity index (χ4v) is 4.85. The SMILES string of the molecule is CCOC(=O)c1c(NC(=O)[C@@H](C)Oc2ccc(F)cc2)sc2c1CC[C@@H](CC)C2. The summed E-state index contributed by atoms with van der Waals surface area (Å²) >= 11 is 1.45. The molecule has 1 N–H and O–H groups in total. The molecule has 1 aliphatic carbocycles. The average Bonchev–Trinajstić information content (AvgIpc) is 3.06. The Hall–Kier alpha value is -2.41. The van der Waals surface area contributed by atoms with E-state index in [1.165, 1.54) is 35.6 Å². The van der Waals surface area contributed by atoms with Crippen molar-refractivity contribution in [3.8, 4) is 5.75 Å². The maximum absolute atomic E-state index is 13.0. The van der Waals surface area contributed by atoms with Gasteiger partial charge in [0.15, 0.2) is 6.10 Å². The quantitative estimate of drug-likeness (QED) is 0.643. The third-order valence-electron chi connectivity index (χ3n) is 5.16. The number of rotatable bonds is 7. The van der Waals surface area contributed by atoms with Gasteiger partial charge >= 0.3 is 5.97 Å². The second-order valence-electron chi connectivity index (χ2n) is 7.15. The first-order chi connectivity index (χ1) is 13.9. The number of esters is 1. The summed E-state index contributed by atoms with van der Waals surface area (Å²) in [6.07, 6.45) is 3.05. The largest absolute Gasteiger partial charge is 0.481 e. The molecule has 2 atom stereocenters. The maximum atomic E-state index is 13.0. The maximum Gasteiger partial charge on any atom is 0.341 e. The lowest BCUT2D eigenvalue weighted by atomic mass is 9.85. The van der Waals surface area contributed by atoms with Gasteiger partial charge in [-0.3, -0.25) is 4.79 Å². The van der Waals surface area contributed by atoms with Crippen LogP contribution in [0.3, 0.4) is 0 Å². The van der Waals surface area contributed by atoms with Gasteiger partial charge < -0.3 is 14.8 Å². The summed E-state index contributed by atoms with van der Waals surface area (Å²) in [7, 11) is 0. The van der Waals surface area contributed by atoms with Crippen molar-refractivity contribution in [3.63, 3.8) is 0 Å². The number of carbonyl (C=O) groups excluding carboxylic acids is 2. The van der Waals surface area contributed by atoms with Crippen LogP contribution in [0.25, 0.3) is 0 Å². The van der Waals surface area contributed by atoms with E-state index in [2.05, 4.69) is 12.2 Å². The number of nitrogens with one attached hydrogen (secondary N) is 1. The number of ether oxygens (including phenoxy) is 2. The lowest BCUT2D eigenvalue weighted by Gasteiger charge is -2.21. The second-order valence-corrected chi connectivity index (χ2v) is 8.25. The molecule has 156 valence electrons.